The zero-order chi connectivity index (χ0) is 24.1. The van der Waals surface area contributed by atoms with Gasteiger partial charge >= 0.3 is 0 Å². The van der Waals surface area contributed by atoms with Gasteiger partial charge in [0, 0.05) is 12.5 Å². The molecule has 0 saturated heterocycles. The Morgan fingerprint density at radius 3 is 2.50 bits per heavy atom. The van der Waals surface area contributed by atoms with Crippen LogP contribution in [0.3, 0.4) is 0 Å². The van der Waals surface area contributed by atoms with Gasteiger partial charge in [0.2, 0.25) is 5.91 Å². The lowest BCUT2D eigenvalue weighted by molar-refractivity contribution is -0.140. The highest BCUT2D eigenvalue weighted by atomic mass is 16.5. The summed E-state index contributed by atoms with van der Waals surface area (Å²) < 4.78 is 6.97. The van der Waals surface area contributed by atoms with Crippen molar-refractivity contribution in [1.29, 1.82) is 0 Å². The van der Waals surface area contributed by atoms with E-state index in [4.69, 9.17) is 9.72 Å². The summed E-state index contributed by atoms with van der Waals surface area (Å²) in [5.74, 6) is 1.60. The minimum absolute atomic E-state index is 0.0928. The number of nitrogens with zero attached hydrogens (tertiary/aromatic N) is 3. The highest BCUT2D eigenvalue weighted by Crippen LogP contribution is 2.32. The molecule has 3 aromatic rings. The lowest BCUT2D eigenvalue weighted by atomic mass is 9.84. The predicted octanol–water partition coefficient (Wildman–Crippen LogP) is 5.66. The fourth-order valence-corrected chi connectivity index (χ4v) is 4.64. The van der Waals surface area contributed by atoms with Crippen molar-refractivity contribution < 1.29 is 9.53 Å². The Balaban J connectivity index is 1.80. The maximum Gasteiger partial charge on any atom is 0.266 e. The fourth-order valence-electron chi connectivity index (χ4n) is 4.64. The number of unbranched alkanes of at least 4 members (excludes halogenated alkanes) is 3. The summed E-state index contributed by atoms with van der Waals surface area (Å²) in [6, 6.07) is 14.5. The van der Waals surface area contributed by atoms with Crippen LogP contribution >= 0.6 is 0 Å². The first-order chi connectivity index (χ1) is 16.5. The minimum Gasteiger partial charge on any atom is -0.497 e. The quantitative estimate of drug-likeness (QED) is 0.365. The number of aromatic nitrogens is 2. The van der Waals surface area contributed by atoms with Crippen LogP contribution in [0.2, 0.25) is 0 Å². The summed E-state index contributed by atoms with van der Waals surface area (Å²) in [5, 5.41) is 0.564. The molecule has 1 aromatic heterocycles. The van der Waals surface area contributed by atoms with Crippen LogP contribution in [-0.4, -0.2) is 34.0 Å². The summed E-state index contributed by atoms with van der Waals surface area (Å²) in [5.41, 5.74) is 1.24. The number of carbonyl (C=O) groups is 1. The first-order valence-electron chi connectivity index (χ1n) is 12.5. The molecule has 0 bridgehead atoms. The van der Waals surface area contributed by atoms with E-state index < -0.39 is 0 Å². The largest absolute Gasteiger partial charge is 0.497 e. The third kappa shape index (κ3) is 4.86. The Morgan fingerprint density at radius 2 is 1.85 bits per heavy atom. The third-order valence-corrected chi connectivity index (χ3v) is 6.96. The van der Waals surface area contributed by atoms with Gasteiger partial charge in [-0.1, -0.05) is 44.7 Å². The van der Waals surface area contributed by atoms with Crippen LogP contribution in [0.25, 0.3) is 16.6 Å². The van der Waals surface area contributed by atoms with Gasteiger partial charge in [0.1, 0.15) is 11.6 Å². The summed E-state index contributed by atoms with van der Waals surface area (Å²) in [6.07, 6.45) is 7.37. The maximum atomic E-state index is 13.7. The van der Waals surface area contributed by atoms with Gasteiger partial charge in [0.05, 0.1) is 29.7 Å². The van der Waals surface area contributed by atoms with Crippen LogP contribution in [0, 0.1) is 5.92 Å². The highest BCUT2D eigenvalue weighted by Gasteiger charge is 2.33. The Bertz CT molecular complexity index is 1180. The zero-order valence-corrected chi connectivity index (χ0v) is 20.5. The predicted molar refractivity (Wildman–Crippen MR) is 136 cm³/mol. The van der Waals surface area contributed by atoms with Crippen LogP contribution in [0.15, 0.2) is 53.3 Å². The van der Waals surface area contributed by atoms with Crippen molar-refractivity contribution in [3.05, 3.63) is 64.7 Å². The molecular formula is C28H35N3O3. The Morgan fingerprint density at radius 1 is 1.12 bits per heavy atom. The van der Waals surface area contributed by atoms with Crippen molar-refractivity contribution in [1.82, 2.24) is 14.5 Å². The molecule has 0 aliphatic heterocycles. The van der Waals surface area contributed by atoms with Gasteiger partial charge in [-0.15, -0.1) is 0 Å². The zero-order valence-electron chi connectivity index (χ0n) is 20.5. The fraction of sp³-hybridized carbons (Fsp3) is 0.464. The van der Waals surface area contributed by atoms with E-state index in [1.54, 1.807) is 17.7 Å². The molecule has 180 valence electrons. The van der Waals surface area contributed by atoms with Crippen LogP contribution in [0.4, 0.5) is 0 Å². The van der Waals surface area contributed by atoms with Gasteiger partial charge in [-0.3, -0.25) is 14.2 Å². The van der Waals surface area contributed by atoms with E-state index in [1.807, 2.05) is 54.3 Å². The van der Waals surface area contributed by atoms with Gasteiger partial charge in [0.25, 0.3) is 5.56 Å². The number of rotatable bonds is 10. The summed E-state index contributed by atoms with van der Waals surface area (Å²) in [7, 11) is 1.62. The van der Waals surface area contributed by atoms with E-state index in [-0.39, 0.29) is 23.4 Å². The average molecular weight is 462 g/mol. The molecule has 6 heteroatoms. The SMILES string of the molecule is CCCCCCN(C(=O)C1CCC1)C(C)c1nc2ccccc2c(=O)n1-c1ccc(OC)cc1. The van der Waals surface area contributed by atoms with Crippen molar-refractivity contribution in [2.24, 2.45) is 5.92 Å². The van der Waals surface area contributed by atoms with Gasteiger partial charge in [-0.2, -0.15) is 0 Å². The van der Waals surface area contributed by atoms with Crippen molar-refractivity contribution in [3.8, 4) is 11.4 Å². The molecule has 6 nitrogen and oxygen atoms in total. The number of benzene rings is 2. The number of fused-ring (bicyclic) bond motifs is 1. The van der Waals surface area contributed by atoms with Crippen LogP contribution < -0.4 is 10.3 Å². The molecular weight excluding hydrogens is 426 g/mol. The molecule has 1 aliphatic carbocycles. The summed E-state index contributed by atoms with van der Waals surface area (Å²) in [6.45, 7) is 4.88. The highest BCUT2D eigenvalue weighted by molar-refractivity contribution is 5.80. The smallest absolute Gasteiger partial charge is 0.266 e. The van der Waals surface area contributed by atoms with Crippen molar-refractivity contribution in [2.75, 3.05) is 13.7 Å². The Hall–Kier alpha value is -3.15. The molecule has 1 amide bonds. The maximum absolute atomic E-state index is 13.7. The second-order valence-corrected chi connectivity index (χ2v) is 9.22. The molecule has 2 aromatic carbocycles. The lowest BCUT2D eigenvalue weighted by Gasteiger charge is -2.36. The minimum atomic E-state index is -0.325. The topological polar surface area (TPSA) is 64.4 Å². The second-order valence-electron chi connectivity index (χ2n) is 9.22. The molecule has 0 spiro atoms. The standard InChI is InChI=1S/C28H35N3O3/c1-4-5-6-9-19-30(27(32)21-11-10-12-21)20(2)26-29-25-14-8-7-13-24(25)28(33)31(26)22-15-17-23(34-3)18-16-22/h7-8,13-18,20-21H,4-6,9-12,19H2,1-3H3. The van der Waals surface area contributed by atoms with Gasteiger partial charge < -0.3 is 9.64 Å². The van der Waals surface area contributed by atoms with Crippen molar-refractivity contribution in [2.45, 2.75) is 64.8 Å². The molecule has 1 aliphatic rings. The molecule has 1 fully saturated rings. The molecule has 1 atom stereocenters. The van der Waals surface area contributed by atoms with E-state index >= 15 is 0 Å². The number of carbonyl (C=O) groups excluding carboxylic acids is 1. The van der Waals surface area contributed by atoms with E-state index in [9.17, 15) is 9.59 Å². The number of para-hydroxylation sites is 1. The van der Waals surface area contributed by atoms with Gasteiger partial charge in [-0.05, 0) is 62.6 Å². The van der Waals surface area contributed by atoms with E-state index in [2.05, 4.69) is 6.92 Å². The number of hydrogen-bond donors (Lipinski definition) is 0. The van der Waals surface area contributed by atoms with Crippen LogP contribution in [0.1, 0.15) is 70.7 Å². The molecule has 1 unspecified atom stereocenters. The number of amides is 1. The molecule has 34 heavy (non-hydrogen) atoms. The second kappa shape index (κ2) is 10.9. The van der Waals surface area contributed by atoms with Crippen LogP contribution in [0.5, 0.6) is 5.75 Å². The lowest BCUT2D eigenvalue weighted by Crippen LogP contribution is -2.42. The molecule has 0 radical (unpaired) electrons. The first kappa shape index (κ1) is 24.0. The molecule has 4 rings (SSSR count). The van der Waals surface area contributed by atoms with Crippen molar-refractivity contribution >= 4 is 16.8 Å². The number of methoxy groups -OCH3 is 1. The normalized spacial score (nSPS) is 14.6. The monoisotopic (exact) mass is 461 g/mol. The van der Waals surface area contributed by atoms with E-state index in [0.29, 0.717) is 29.0 Å². The molecule has 1 saturated carbocycles. The van der Waals surface area contributed by atoms with Gasteiger partial charge in [0.15, 0.2) is 0 Å². The van der Waals surface area contributed by atoms with Crippen molar-refractivity contribution in [3.63, 3.8) is 0 Å². The average Bonchev–Trinajstić information content (AvgIpc) is 2.82. The third-order valence-electron chi connectivity index (χ3n) is 6.96. The van der Waals surface area contributed by atoms with E-state index in [0.717, 1.165) is 50.7 Å². The van der Waals surface area contributed by atoms with Crippen LogP contribution in [-0.2, 0) is 4.79 Å². The molecule has 1 heterocycles. The van der Waals surface area contributed by atoms with Gasteiger partial charge in [-0.25, -0.2) is 4.98 Å². The Kier molecular flexibility index (Phi) is 7.66. The summed E-state index contributed by atoms with van der Waals surface area (Å²) in [4.78, 5) is 34.1. The molecule has 0 N–H and O–H groups in total. The Labute approximate surface area is 201 Å². The summed E-state index contributed by atoms with van der Waals surface area (Å²) >= 11 is 0. The van der Waals surface area contributed by atoms with E-state index in [1.165, 1.54) is 0 Å². The number of ether oxygens (including phenoxy) is 1. The number of hydrogen-bond acceptors (Lipinski definition) is 4. The first-order valence-corrected chi connectivity index (χ1v) is 12.5.